The molecule has 1 heterocycles. The van der Waals surface area contributed by atoms with Crippen LogP contribution in [-0.4, -0.2) is 11.7 Å². The zero-order chi connectivity index (χ0) is 40.9. The summed E-state index contributed by atoms with van der Waals surface area (Å²) >= 11 is 0. The third kappa shape index (κ3) is 6.56. The van der Waals surface area contributed by atoms with E-state index in [1.165, 1.54) is 72.0 Å². The summed E-state index contributed by atoms with van der Waals surface area (Å²) in [6.07, 6.45) is -0.297. The number of hydrogen-bond acceptors (Lipinski definition) is 3. The minimum atomic E-state index is -0.297. The highest BCUT2D eigenvalue weighted by molar-refractivity contribution is 6.13. The second-order valence-corrected chi connectivity index (χ2v) is 16.6. The standard InChI is InChI=1S/C58H43N3/c1-58(2)53-25-10-9-20-51(53)52-37-44(34-35-54(52)58)40-26-30-41(31-27-40)47-21-12-24-50-48(22-13-23-49(47)50)45-18-11-19-46(36-45)57-60-55(42-16-7-4-8-17-42)59-56(61-57)43-32-28-39(29-33-43)38-14-5-3-6-15-38/h3-37,56H,1-2H3,(H,59,60,61). The van der Waals surface area contributed by atoms with Gasteiger partial charge in [0.15, 0.2) is 5.84 Å². The van der Waals surface area contributed by atoms with Crippen molar-refractivity contribution in [3.05, 3.63) is 240 Å². The third-order valence-electron chi connectivity index (χ3n) is 12.6. The lowest BCUT2D eigenvalue weighted by Gasteiger charge is -2.24. The highest BCUT2D eigenvalue weighted by atomic mass is 15.2. The van der Waals surface area contributed by atoms with E-state index in [0.717, 1.165) is 28.1 Å². The molecule has 3 heteroatoms. The lowest BCUT2D eigenvalue weighted by atomic mass is 9.82. The van der Waals surface area contributed by atoms with Gasteiger partial charge in [0, 0.05) is 16.5 Å². The molecule has 2 aliphatic rings. The van der Waals surface area contributed by atoms with Gasteiger partial charge in [0.25, 0.3) is 0 Å². The Hall–Kier alpha value is -7.62. The van der Waals surface area contributed by atoms with E-state index in [1.807, 2.05) is 24.3 Å². The van der Waals surface area contributed by atoms with Gasteiger partial charge in [-0.2, -0.15) is 0 Å². The van der Waals surface area contributed by atoms with Gasteiger partial charge in [0.1, 0.15) is 12.0 Å². The maximum atomic E-state index is 5.23. The zero-order valence-corrected chi connectivity index (χ0v) is 34.2. The van der Waals surface area contributed by atoms with Gasteiger partial charge in [-0.1, -0.05) is 214 Å². The number of benzene rings is 9. The number of rotatable bonds is 7. The Morgan fingerprint density at radius 2 is 0.885 bits per heavy atom. The minimum Gasteiger partial charge on any atom is -0.344 e. The second-order valence-electron chi connectivity index (χ2n) is 16.6. The molecule has 0 saturated heterocycles. The number of nitrogens with zero attached hydrogens (tertiary/aromatic N) is 2. The zero-order valence-electron chi connectivity index (χ0n) is 34.2. The highest BCUT2D eigenvalue weighted by Gasteiger charge is 2.35. The molecular formula is C58H43N3. The van der Waals surface area contributed by atoms with Crippen molar-refractivity contribution in [1.29, 1.82) is 0 Å². The molecule has 9 aromatic carbocycles. The molecule has 61 heavy (non-hydrogen) atoms. The molecule has 0 amide bonds. The summed E-state index contributed by atoms with van der Waals surface area (Å²) in [5.74, 6) is 1.51. The number of amidine groups is 2. The molecule has 0 fully saturated rings. The van der Waals surface area contributed by atoms with E-state index < -0.39 is 0 Å². The van der Waals surface area contributed by atoms with Crippen LogP contribution in [-0.2, 0) is 5.41 Å². The maximum absolute atomic E-state index is 5.23. The van der Waals surface area contributed by atoms with E-state index in [0.29, 0.717) is 5.84 Å². The number of aliphatic imine (C=N–C) groups is 2. The molecule has 9 aromatic rings. The average molecular weight is 782 g/mol. The molecule has 1 aliphatic carbocycles. The molecular weight excluding hydrogens is 739 g/mol. The van der Waals surface area contributed by atoms with E-state index >= 15 is 0 Å². The first-order chi connectivity index (χ1) is 30.0. The minimum absolute atomic E-state index is 0.00383. The van der Waals surface area contributed by atoms with Gasteiger partial charge >= 0.3 is 0 Å². The molecule has 1 aliphatic heterocycles. The molecule has 0 bridgehead atoms. The first-order valence-corrected chi connectivity index (χ1v) is 21.1. The normalized spacial score (nSPS) is 15.0. The van der Waals surface area contributed by atoms with Crippen LogP contribution >= 0.6 is 0 Å². The summed E-state index contributed by atoms with van der Waals surface area (Å²) in [7, 11) is 0. The smallest absolute Gasteiger partial charge is 0.159 e. The van der Waals surface area contributed by atoms with Crippen molar-refractivity contribution in [2.45, 2.75) is 25.4 Å². The molecule has 0 saturated carbocycles. The fraction of sp³-hybridized carbons (Fsp3) is 0.0690. The monoisotopic (exact) mass is 781 g/mol. The predicted molar refractivity (Wildman–Crippen MR) is 255 cm³/mol. The molecule has 0 radical (unpaired) electrons. The Balaban J connectivity index is 0.923. The Morgan fingerprint density at radius 3 is 1.62 bits per heavy atom. The van der Waals surface area contributed by atoms with Crippen molar-refractivity contribution in [3.8, 4) is 55.6 Å². The van der Waals surface area contributed by atoms with E-state index in [1.54, 1.807) is 0 Å². The van der Waals surface area contributed by atoms with Crippen molar-refractivity contribution in [2.24, 2.45) is 9.98 Å². The first-order valence-electron chi connectivity index (χ1n) is 21.1. The number of hydrogen-bond donors (Lipinski definition) is 1. The molecule has 1 N–H and O–H groups in total. The lowest BCUT2D eigenvalue weighted by Crippen LogP contribution is -2.33. The molecule has 1 atom stereocenters. The Kier molecular flexibility index (Phi) is 8.90. The van der Waals surface area contributed by atoms with Crippen molar-refractivity contribution >= 4 is 22.4 Å². The van der Waals surface area contributed by atoms with Crippen LogP contribution in [0.1, 0.15) is 47.8 Å². The fourth-order valence-corrected chi connectivity index (χ4v) is 9.36. The van der Waals surface area contributed by atoms with Gasteiger partial charge in [-0.05, 0) is 95.2 Å². The van der Waals surface area contributed by atoms with Crippen LogP contribution in [0.2, 0.25) is 0 Å². The van der Waals surface area contributed by atoms with Crippen LogP contribution in [0.25, 0.3) is 66.4 Å². The largest absolute Gasteiger partial charge is 0.344 e. The molecule has 3 nitrogen and oxygen atoms in total. The quantitative estimate of drug-likeness (QED) is 0.172. The SMILES string of the molecule is CC1(C)c2ccccc2-c2cc(-c3ccc(-c4cccc5c(-c6cccc(C7=NC(c8ccc(-c9ccccc9)cc8)NC(c8ccccc8)=N7)c6)cccc45)cc3)ccc21. The van der Waals surface area contributed by atoms with Crippen LogP contribution < -0.4 is 5.32 Å². The topological polar surface area (TPSA) is 36.8 Å². The van der Waals surface area contributed by atoms with Gasteiger partial charge < -0.3 is 5.32 Å². The maximum Gasteiger partial charge on any atom is 0.159 e. The lowest BCUT2D eigenvalue weighted by molar-refractivity contribution is 0.660. The Labute approximate surface area is 357 Å². The van der Waals surface area contributed by atoms with Crippen molar-refractivity contribution in [1.82, 2.24) is 5.32 Å². The third-order valence-corrected chi connectivity index (χ3v) is 12.6. The van der Waals surface area contributed by atoms with Crippen LogP contribution in [0.5, 0.6) is 0 Å². The Morgan fingerprint density at radius 1 is 0.377 bits per heavy atom. The average Bonchev–Trinajstić information content (AvgIpc) is 3.56. The van der Waals surface area contributed by atoms with E-state index in [4.69, 9.17) is 9.98 Å². The second kappa shape index (κ2) is 14.9. The molecule has 1 unspecified atom stereocenters. The number of fused-ring (bicyclic) bond motifs is 4. The first kappa shape index (κ1) is 36.5. The fourth-order valence-electron chi connectivity index (χ4n) is 9.36. The van der Waals surface area contributed by atoms with E-state index in [-0.39, 0.29) is 11.6 Å². The molecule has 0 spiro atoms. The molecule has 11 rings (SSSR count). The van der Waals surface area contributed by atoms with E-state index in [9.17, 15) is 0 Å². The summed E-state index contributed by atoms with van der Waals surface area (Å²) in [6, 6.07) is 76.3. The molecule has 0 aromatic heterocycles. The predicted octanol–water partition coefficient (Wildman–Crippen LogP) is 14.3. The molecule has 290 valence electrons. The van der Waals surface area contributed by atoms with Crippen LogP contribution in [0.15, 0.2) is 222 Å². The number of nitrogens with one attached hydrogen (secondary N) is 1. The highest BCUT2D eigenvalue weighted by Crippen LogP contribution is 2.49. The van der Waals surface area contributed by atoms with Crippen molar-refractivity contribution in [2.75, 3.05) is 0 Å². The van der Waals surface area contributed by atoms with Crippen LogP contribution in [0, 0.1) is 0 Å². The van der Waals surface area contributed by atoms with Crippen LogP contribution in [0.3, 0.4) is 0 Å². The van der Waals surface area contributed by atoms with Gasteiger partial charge in [-0.15, -0.1) is 0 Å². The van der Waals surface area contributed by atoms with Gasteiger partial charge in [-0.25, -0.2) is 9.98 Å². The van der Waals surface area contributed by atoms with Crippen molar-refractivity contribution in [3.63, 3.8) is 0 Å². The summed E-state index contributed by atoms with van der Waals surface area (Å²) in [4.78, 5) is 10.4. The van der Waals surface area contributed by atoms with Crippen LogP contribution in [0.4, 0.5) is 0 Å². The van der Waals surface area contributed by atoms with Gasteiger partial charge in [0.2, 0.25) is 0 Å². The summed E-state index contributed by atoms with van der Waals surface area (Å²) in [5.41, 5.74) is 18.1. The van der Waals surface area contributed by atoms with Crippen molar-refractivity contribution < 1.29 is 0 Å². The summed E-state index contributed by atoms with van der Waals surface area (Å²) in [6.45, 7) is 4.67. The van der Waals surface area contributed by atoms with Gasteiger partial charge in [-0.3, -0.25) is 0 Å². The van der Waals surface area contributed by atoms with Gasteiger partial charge in [0.05, 0.1) is 0 Å². The summed E-state index contributed by atoms with van der Waals surface area (Å²) in [5, 5.41) is 6.05. The summed E-state index contributed by atoms with van der Waals surface area (Å²) < 4.78 is 0. The Bertz CT molecular complexity index is 3160. The van der Waals surface area contributed by atoms with E-state index in [2.05, 4.69) is 207 Å².